The molecule has 0 aromatic heterocycles. The highest BCUT2D eigenvalue weighted by Crippen LogP contribution is 2.25. The summed E-state index contributed by atoms with van der Waals surface area (Å²) in [5.41, 5.74) is 2.40. The van der Waals surface area contributed by atoms with E-state index in [0.717, 1.165) is 5.75 Å². The van der Waals surface area contributed by atoms with Gasteiger partial charge in [-0.25, -0.2) is 0 Å². The van der Waals surface area contributed by atoms with Gasteiger partial charge in [0.1, 0.15) is 5.75 Å². The molecule has 0 N–H and O–H groups in total. The standard InChI is InChI=1S/C18H28O3Si3/c1-22(2)20-24(5,6)21-23(3,4)19-18-14-12-17(13-15-18)16-10-8-7-9-11-16/h7-15,22H,1-6H3. The van der Waals surface area contributed by atoms with Crippen LogP contribution in [0.4, 0.5) is 0 Å². The van der Waals surface area contributed by atoms with Gasteiger partial charge in [0.25, 0.3) is 0 Å². The molecule has 0 fully saturated rings. The van der Waals surface area contributed by atoms with E-state index in [4.69, 9.17) is 12.7 Å². The van der Waals surface area contributed by atoms with E-state index in [0.29, 0.717) is 0 Å². The molecule has 2 rings (SSSR count). The van der Waals surface area contributed by atoms with Crippen molar-refractivity contribution < 1.29 is 12.7 Å². The van der Waals surface area contributed by atoms with E-state index in [2.05, 4.69) is 63.5 Å². The molecule has 24 heavy (non-hydrogen) atoms. The van der Waals surface area contributed by atoms with Gasteiger partial charge < -0.3 is 12.7 Å². The second kappa shape index (κ2) is 7.79. The van der Waals surface area contributed by atoms with Crippen LogP contribution in [0.25, 0.3) is 11.1 Å². The zero-order chi connectivity index (χ0) is 17.8. The van der Waals surface area contributed by atoms with Gasteiger partial charge >= 0.3 is 17.1 Å². The first-order valence-corrected chi connectivity index (χ1v) is 16.8. The van der Waals surface area contributed by atoms with Gasteiger partial charge in [0, 0.05) is 0 Å². The minimum absolute atomic E-state index is 0.859. The van der Waals surface area contributed by atoms with Crippen LogP contribution in [-0.4, -0.2) is 26.2 Å². The van der Waals surface area contributed by atoms with E-state index in [1.165, 1.54) is 11.1 Å². The van der Waals surface area contributed by atoms with Crippen LogP contribution in [0.15, 0.2) is 54.6 Å². The molecule has 6 heteroatoms. The molecule has 0 atom stereocenters. The maximum absolute atomic E-state index is 6.32. The molecule has 0 saturated carbocycles. The normalized spacial score (nSPS) is 12.5. The Morgan fingerprint density at radius 2 is 1.25 bits per heavy atom. The smallest absolute Gasteiger partial charge is 0.383 e. The van der Waals surface area contributed by atoms with Crippen molar-refractivity contribution in [1.29, 1.82) is 0 Å². The van der Waals surface area contributed by atoms with Crippen LogP contribution in [0.5, 0.6) is 5.75 Å². The van der Waals surface area contributed by atoms with E-state index < -0.39 is 26.2 Å². The average Bonchev–Trinajstić information content (AvgIpc) is 2.45. The second-order valence-corrected chi connectivity index (χ2v) is 16.7. The number of hydrogen-bond donors (Lipinski definition) is 0. The molecule has 0 radical (unpaired) electrons. The maximum atomic E-state index is 6.32. The van der Waals surface area contributed by atoms with Crippen molar-refractivity contribution in [3.05, 3.63) is 54.6 Å². The van der Waals surface area contributed by atoms with E-state index >= 15 is 0 Å². The van der Waals surface area contributed by atoms with Crippen LogP contribution in [0, 0.1) is 0 Å². The summed E-state index contributed by atoms with van der Waals surface area (Å²) >= 11 is 0. The van der Waals surface area contributed by atoms with Crippen LogP contribution in [-0.2, 0) is 8.23 Å². The molecule has 0 bridgehead atoms. The Kier molecular flexibility index (Phi) is 6.22. The molecule has 0 heterocycles. The highest BCUT2D eigenvalue weighted by molar-refractivity contribution is 6.82. The third-order valence-electron chi connectivity index (χ3n) is 3.34. The fourth-order valence-corrected chi connectivity index (χ4v) is 13.6. The van der Waals surface area contributed by atoms with Gasteiger partial charge in [0.2, 0.25) is 0 Å². The van der Waals surface area contributed by atoms with Gasteiger partial charge in [-0.05, 0) is 62.5 Å². The molecule has 2 aromatic carbocycles. The van der Waals surface area contributed by atoms with Crippen LogP contribution in [0.3, 0.4) is 0 Å². The van der Waals surface area contributed by atoms with Crippen molar-refractivity contribution in [1.82, 2.24) is 0 Å². The van der Waals surface area contributed by atoms with Gasteiger partial charge in [0.15, 0.2) is 9.04 Å². The Labute approximate surface area is 149 Å². The van der Waals surface area contributed by atoms with Crippen molar-refractivity contribution in [2.45, 2.75) is 39.3 Å². The summed E-state index contributed by atoms with van der Waals surface area (Å²) in [7, 11) is -5.51. The van der Waals surface area contributed by atoms with Crippen molar-refractivity contribution in [2.24, 2.45) is 0 Å². The molecule has 130 valence electrons. The zero-order valence-electron chi connectivity index (χ0n) is 15.5. The van der Waals surface area contributed by atoms with Crippen LogP contribution < -0.4 is 4.43 Å². The highest BCUT2D eigenvalue weighted by atomic mass is 28.5. The molecule has 3 nitrogen and oxygen atoms in total. The van der Waals surface area contributed by atoms with Crippen molar-refractivity contribution in [3.63, 3.8) is 0 Å². The zero-order valence-corrected chi connectivity index (χ0v) is 18.7. The lowest BCUT2D eigenvalue weighted by atomic mass is 10.1. The summed E-state index contributed by atoms with van der Waals surface area (Å²) < 4.78 is 18.6. The summed E-state index contributed by atoms with van der Waals surface area (Å²) in [6.45, 7) is 12.7. The third-order valence-corrected chi connectivity index (χ3v) is 12.2. The lowest BCUT2D eigenvalue weighted by Crippen LogP contribution is -2.51. The van der Waals surface area contributed by atoms with Gasteiger partial charge in [-0.2, -0.15) is 0 Å². The monoisotopic (exact) mass is 376 g/mol. The van der Waals surface area contributed by atoms with Gasteiger partial charge in [-0.3, -0.25) is 0 Å². The van der Waals surface area contributed by atoms with E-state index in [1.54, 1.807) is 0 Å². The number of benzene rings is 2. The van der Waals surface area contributed by atoms with Gasteiger partial charge in [0.05, 0.1) is 0 Å². The third kappa shape index (κ3) is 6.03. The van der Waals surface area contributed by atoms with E-state index in [9.17, 15) is 0 Å². The topological polar surface area (TPSA) is 27.7 Å². The molecule has 0 aliphatic rings. The fourth-order valence-electron chi connectivity index (χ4n) is 2.83. The number of hydrogen-bond acceptors (Lipinski definition) is 3. The van der Waals surface area contributed by atoms with Crippen molar-refractivity contribution >= 4 is 26.2 Å². The van der Waals surface area contributed by atoms with E-state index in [-0.39, 0.29) is 0 Å². The Morgan fingerprint density at radius 3 is 1.79 bits per heavy atom. The average molecular weight is 377 g/mol. The van der Waals surface area contributed by atoms with Gasteiger partial charge in [-0.1, -0.05) is 42.5 Å². The maximum Gasteiger partial charge on any atom is 0.383 e. The molecule has 2 aromatic rings. The minimum Gasteiger partial charge on any atom is -0.521 e. The fraction of sp³-hybridized carbons (Fsp3) is 0.333. The molecular weight excluding hydrogens is 348 g/mol. The number of rotatable bonds is 7. The van der Waals surface area contributed by atoms with Crippen LogP contribution in [0.2, 0.25) is 39.3 Å². The van der Waals surface area contributed by atoms with Crippen molar-refractivity contribution in [3.8, 4) is 16.9 Å². The highest BCUT2D eigenvalue weighted by Gasteiger charge is 2.38. The second-order valence-electron chi connectivity index (χ2n) is 7.06. The van der Waals surface area contributed by atoms with E-state index in [1.807, 2.05) is 30.3 Å². The first-order valence-electron chi connectivity index (χ1n) is 8.39. The first kappa shape index (κ1) is 19.1. The molecule has 0 amide bonds. The summed E-state index contributed by atoms with van der Waals surface area (Å²) in [5, 5.41) is 0. The van der Waals surface area contributed by atoms with Crippen LogP contribution in [0.1, 0.15) is 0 Å². The molecule has 0 aliphatic carbocycles. The largest absolute Gasteiger partial charge is 0.521 e. The molecule has 0 unspecified atom stereocenters. The lowest BCUT2D eigenvalue weighted by molar-refractivity contribution is 0.337. The molecular formula is C18H28O3Si3. The van der Waals surface area contributed by atoms with Crippen LogP contribution >= 0.6 is 0 Å². The Balaban J connectivity index is 2.04. The predicted octanol–water partition coefficient (Wildman–Crippen LogP) is 5.15. The Morgan fingerprint density at radius 1 is 0.708 bits per heavy atom. The van der Waals surface area contributed by atoms with Crippen molar-refractivity contribution in [2.75, 3.05) is 0 Å². The summed E-state index contributed by atoms with van der Waals surface area (Å²) in [5.74, 6) is 0.859. The van der Waals surface area contributed by atoms with Gasteiger partial charge in [-0.15, -0.1) is 0 Å². The summed E-state index contributed by atoms with van der Waals surface area (Å²) in [6.07, 6.45) is 0. The predicted molar refractivity (Wildman–Crippen MR) is 109 cm³/mol. The molecule has 0 aliphatic heterocycles. The first-order chi connectivity index (χ1) is 11.2. The Hall–Kier alpha value is -1.19. The molecule has 0 saturated heterocycles. The molecule has 0 spiro atoms. The lowest BCUT2D eigenvalue weighted by Gasteiger charge is -2.34. The summed E-state index contributed by atoms with van der Waals surface area (Å²) in [6, 6.07) is 18.6. The summed E-state index contributed by atoms with van der Waals surface area (Å²) in [4.78, 5) is 0. The minimum atomic E-state index is -2.28. The SMILES string of the molecule is C[SiH](C)O[Si](C)(C)O[Si](C)(C)Oc1ccc(-c2ccccc2)cc1. The quantitative estimate of drug-likeness (QED) is 0.625. The Bertz CT molecular complexity index is 640.